The molecular weight excluding hydrogens is 863 g/mol. The van der Waals surface area contributed by atoms with Gasteiger partial charge in [0.1, 0.15) is 0 Å². The van der Waals surface area contributed by atoms with E-state index >= 15 is 0 Å². The Hall–Kier alpha value is -7.96. The molecule has 3 nitrogen and oxygen atoms in total. The predicted molar refractivity (Wildman–Crippen MR) is 294 cm³/mol. The number of hydrogen-bond acceptors (Lipinski definition) is 5. The highest BCUT2D eigenvalue weighted by atomic mass is 32.1. The number of nitrogens with zero attached hydrogens (tertiary/aromatic N) is 3. The van der Waals surface area contributed by atoms with Crippen molar-refractivity contribution in [1.82, 2.24) is 0 Å². The minimum atomic E-state index is -0.125. The van der Waals surface area contributed by atoms with Crippen LogP contribution in [0.4, 0.5) is 51.2 Å². The highest BCUT2D eigenvalue weighted by Gasteiger charge is 2.36. The first-order valence-electron chi connectivity index (χ1n) is 23.2. The zero-order valence-electron chi connectivity index (χ0n) is 37.7. The monoisotopic (exact) mass is 907 g/mol. The highest BCUT2D eigenvalue weighted by molar-refractivity contribution is 7.26. The molecule has 0 saturated carbocycles. The zero-order chi connectivity index (χ0) is 45.3. The summed E-state index contributed by atoms with van der Waals surface area (Å²) < 4.78 is 5.03. The first kappa shape index (κ1) is 40.3. The summed E-state index contributed by atoms with van der Waals surface area (Å²) in [5.41, 5.74) is 15.2. The van der Waals surface area contributed by atoms with E-state index in [1.165, 1.54) is 62.6 Å². The van der Waals surface area contributed by atoms with Crippen LogP contribution in [0.1, 0.15) is 25.0 Å². The van der Waals surface area contributed by atoms with E-state index in [0.717, 1.165) is 51.2 Å². The standard InChI is InChI=1S/C63H45N3S2/c1-63(2)55-29-17-15-27-50(55)51-34-31-47(38-56(51)63)64(42-19-7-3-8-20-42)46-33-36-59-54(37-46)62-57(66(44-23-11-5-12-24-44)45-25-13-6-14-26-45)39-49(41-61(62)68-59)65(43-21-9-4-10-22-43)48-32-35-53-52-28-16-18-30-58(52)67-60(53)40-48/h3-41H,1-2H3. The van der Waals surface area contributed by atoms with Gasteiger partial charge in [0, 0.05) is 91.3 Å². The Kier molecular flexibility index (Phi) is 9.57. The van der Waals surface area contributed by atoms with Crippen LogP contribution < -0.4 is 14.7 Å². The Morgan fingerprint density at radius 1 is 0.294 bits per heavy atom. The average Bonchev–Trinajstić information content (AvgIpc) is 4.02. The number of hydrogen-bond donors (Lipinski definition) is 0. The molecule has 0 saturated heterocycles. The van der Waals surface area contributed by atoms with Crippen molar-refractivity contribution in [3.63, 3.8) is 0 Å². The summed E-state index contributed by atoms with van der Waals surface area (Å²) in [5.74, 6) is 0. The van der Waals surface area contributed by atoms with E-state index in [2.05, 4.69) is 265 Å². The maximum Gasteiger partial charge on any atom is 0.0575 e. The minimum Gasteiger partial charge on any atom is -0.310 e. The number of fused-ring (bicyclic) bond motifs is 9. The lowest BCUT2D eigenvalue weighted by Crippen LogP contribution is -2.16. The summed E-state index contributed by atoms with van der Waals surface area (Å²) in [6, 6.07) is 86.9. The molecular formula is C63H45N3S2. The molecule has 2 aromatic heterocycles. The number of thiophene rings is 2. The van der Waals surface area contributed by atoms with Crippen molar-refractivity contribution in [1.29, 1.82) is 0 Å². The van der Waals surface area contributed by atoms with E-state index in [0.29, 0.717) is 0 Å². The Labute approximate surface area is 404 Å². The molecule has 0 N–H and O–H groups in total. The molecule has 0 spiro atoms. The first-order chi connectivity index (χ1) is 33.5. The van der Waals surface area contributed by atoms with Crippen molar-refractivity contribution in [2.75, 3.05) is 14.7 Å². The zero-order valence-corrected chi connectivity index (χ0v) is 39.3. The molecule has 68 heavy (non-hydrogen) atoms. The molecule has 5 heteroatoms. The first-order valence-corrected chi connectivity index (χ1v) is 24.9. The fraction of sp³-hybridized carbons (Fsp3) is 0.0476. The van der Waals surface area contributed by atoms with Crippen molar-refractivity contribution in [2.45, 2.75) is 19.3 Å². The lowest BCUT2D eigenvalue weighted by Gasteiger charge is -2.30. The van der Waals surface area contributed by atoms with E-state index in [9.17, 15) is 0 Å². The quantitative estimate of drug-likeness (QED) is 0.143. The van der Waals surface area contributed by atoms with Gasteiger partial charge in [-0.3, -0.25) is 0 Å². The van der Waals surface area contributed by atoms with Crippen LogP contribution in [0.5, 0.6) is 0 Å². The van der Waals surface area contributed by atoms with E-state index in [1.807, 2.05) is 22.7 Å². The van der Waals surface area contributed by atoms with Crippen molar-refractivity contribution >= 4 is 114 Å². The summed E-state index contributed by atoms with van der Waals surface area (Å²) in [6.07, 6.45) is 0. The minimum absolute atomic E-state index is 0.125. The fourth-order valence-corrected chi connectivity index (χ4v) is 12.9. The van der Waals surface area contributed by atoms with Crippen LogP contribution in [0.15, 0.2) is 237 Å². The fourth-order valence-electron chi connectivity index (χ4n) is 10.6. The summed E-state index contributed by atoms with van der Waals surface area (Å²) in [6.45, 7) is 4.72. The van der Waals surface area contributed by atoms with Crippen LogP contribution >= 0.6 is 22.7 Å². The van der Waals surface area contributed by atoms with Gasteiger partial charge in [-0.2, -0.15) is 0 Å². The van der Waals surface area contributed by atoms with E-state index in [4.69, 9.17) is 0 Å². The van der Waals surface area contributed by atoms with Gasteiger partial charge in [-0.25, -0.2) is 0 Å². The normalized spacial score (nSPS) is 12.7. The maximum absolute atomic E-state index is 2.44. The molecule has 1 aliphatic carbocycles. The number of para-hydroxylation sites is 4. The highest BCUT2D eigenvalue weighted by Crippen LogP contribution is 2.53. The number of benzene rings is 10. The molecule has 0 atom stereocenters. The van der Waals surface area contributed by atoms with Crippen molar-refractivity contribution in [2.24, 2.45) is 0 Å². The second-order valence-electron chi connectivity index (χ2n) is 18.1. The van der Waals surface area contributed by atoms with Crippen molar-refractivity contribution in [3.05, 3.63) is 248 Å². The summed E-state index contributed by atoms with van der Waals surface area (Å²) in [7, 11) is 0. The van der Waals surface area contributed by atoms with Gasteiger partial charge >= 0.3 is 0 Å². The van der Waals surface area contributed by atoms with Crippen LogP contribution in [0, 0.1) is 0 Å². The summed E-state index contributed by atoms with van der Waals surface area (Å²) in [4.78, 5) is 7.31. The molecule has 0 amide bonds. The second kappa shape index (κ2) is 16.1. The lowest BCUT2D eigenvalue weighted by atomic mass is 9.82. The molecule has 0 unspecified atom stereocenters. The smallest absolute Gasteiger partial charge is 0.0575 e. The number of anilines is 9. The molecule has 0 bridgehead atoms. The number of rotatable bonds is 9. The molecule has 0 aliphatic heterocycles. The second-order valence-corrected chi connectivity index (χ2v) is 20.3. The summed E-state index contributed by atoms with van der Waals surface area (Å²) in [5, 5.41) is 5.02. The summed E-state index contributed by atoms with van der Waals surface area (Å²) >= 11 is 3.72. The lowest BCUT2D eigenvalue weighted by molar-refractivity contribution is 0.660. The molecule has 13 rings (SSSR count). The maximum atomic E-state index is 2.44. The van der Waals surface area contributed by atoms with Gasteiger partial charge in [-0.1, -0.05) is 141 Å². The Balaban J connectivity index is 1.05. The Morgan fingerprint density at radius 2 is 0.765 bits per heavy atom. The van der Waals surface area contributed by atoms with Gasteiger partial charge in [0.25, 0.3) is 0 Å². The van der Waals surface area contributed by atoms with E-state index in [-0.39, 0.29) is 5.41 Å². The van der Waals surface area contributed by atoms with Gasteiger partial charge in [0.15, 0.2) is 0 Å². The van der Waals surface area contributed by atoms with Gasteiger partial charge in [0.05, 0.1) is 5.69 Å². The third-order valence-corrected chi connectivity index (χ3v) is 16.0. The molecule has 0 radical (unpaired) electrons. The third kappa shape index (κ3) is 6.61. The van der Waals surface area contributed by atoms with Gasteiger partial charge in [0.2, 0.25) is 0 Å². The van der Waals surface area contributed by atoms with Crippen molar-refractivity contribution in [3.8, 4) is 11.1 Å². The van der Waals surface area contributed by atoms with Crippen LogP contribution in [0.3, 0.4) is 0 Å². The van der Waals surface area contributed by atoms with Gasteiger partial charge < -0.3 is 14.7 Å². The van der Waals surface area contributed by atoms with Crippen LogP contribution in [-0.2, 0) is 5.41 Å². The molecule has 1 aliphatic rings. The van der Waals surface area contributed by atoms with Crippen LogP contribution in [-0.4, -0.2) is 0 Å². The van der Waals surface area contributed by atoms with E-state index in [1.54, 1.807) is 0 Å². The molecule has 324 valence electrons. The predicted octanol–water partition coefficient (Wildman–Crippen LogP) is 19.1. The van der Waals surface area contributed by atoms with Gasteiger partial charge in [-0.05, 0) is 131 Å². The van der Waals surface area contributed by atoms with Gasteiger partial charge in [-0.15, -0.1) is 22.7 Å². The third-order valence-electron chi connectivity index (χ3n) is 13.8. The molecule has 2 heterocycles. The van der Waals surface area contributed by atoms with Crippen LogP contribution in [0.25, 0.3) is 51.5 Å². The average molecular weight is 908 g/mol. The Morgan fingerprint density at radius 3 is 1.46 bits per heavy atom. The molecule has 12 aromatic rings. The van der Waals surface area contributed by atoms with Crippen LogP contribution in [0.2, 0.25) is 0 Å². The van der Waals surface area contributed by atoms with Crippen molar-refractivity contribution < 1.29 is 0 Å². The topological polar surface area (TPSA) is 9.72 Å². The molecule has 10 aromatic carbocycles. The largest absolute Gasteiger partial charge is 0.310 e. The molecule has 0 fully saturated rings. The SMILES string of the molecule is CC1(C)c2ccccc2-c2ccc(N(c3ccccc3)c3ccc4sc5cc(N(c6ccccc6)c6ccc7c(c6)sc6ccccc67)cc(N(c6ccccc6)c6ccccc6)c5c4c3)cc21. The van der Waals surface area contributed by atoms with E-state index < -0.39 is 0 Å². The Bertz CT molecular complexity index is 3800.